The minimum absolute atomic E-state index is 0.0677. The second-order valence-corrected chi connectivity index (χ2v) is 10.1. The van der Waals surface area contributed by atoms with Crippen molar-refractivity contribution in [3.63, 3.8) is 0 Å². The Labute approximate surface area is 193 Å². The molecule has 10 heteroatoms. The third kappa shape index (κ3) is 5.08. The summed E-state index contributed by atoms with van der Waals surface area (Å²) in [5.41, 5.74) is 0.843. The number of ether oxygens (including phenoxy) is 1. The average molecular weight is 478 g/mol. The van der Waals surface area contributed by atoms with Crippen LogP contribution in [0.4, 0.5) is 5.69 Å². The molecule has 32 heavy (non-hydrogen) atoms. The molecule has 0 saturated carbocycles. The summed E-state index contributed by atoms with van der Waals surface area (Å²) in [6.07, 6.45) is 0. The van der Waals surface area contributed by atoms with Crippen LogP contribution < -0.4 is 10.1 Å². The Bertz CT molecular complexity index is 1070. The Kier molecular flexibility index (Phi) is 7.81. The third-order valence-corrected chi connectivity index (χ3v) is 8.29. The topological polar surface area (TPSA) is 96.0 Å². The van der Waals surface area contributed by atoms with Gasteiger partial charge in [-0.05, 0) is 42.5 Å². The van der Waals surface area contributed by atoms with Crippen LogP contribution in [-0.2, 0) is 14.8 Å². The zero-order valence-electron chi connectivity index (χ0n) is 18.3. The zero-order chi connectivity index (χ0) is 23.3. The van der Waals surface area contributed by atoms with E-state index in [4.69, 9.17) is 4.74 Å². The molecule has 172 valence electrons. The second-order valence-electron chi connectivity index (χ2n) is 7.13. The average Bonchev–Trinajstić information content (AvgIpc) is 3.30. The monoisotopic (exact) mass is 477 g/mol. The predicted molar refractivity (Wildman–Crippen MR) is 125 cm³/mol. The molecule has 2 amide bonds. The van der Waals surface area contributed by atoms with E-state index in [9.17, 15) is 18.0 Å². The normalized spacial score (nSPS) is 16.2. The van der Waals surface area contributed by atoms with Gasteiger partial charge in [-0.2, -0.15) is 4.31 Å². The highest BCUT2D eigenvalue weighted by molar-refractivity contribution is 7.99. The van der Waals surface area contributed by atoms with E-state index in [-0.39, 0.29) is 22.3 Å². The van der Waals surface area contributed by atoms with E-state index in [0.29, 0.717) is 36.2 Å². The Morgan fingerprint density at radius 1 is 1.16 bits per heavy atom. The van der Waals surface area contributed by atoms with Gasteiger partial charge in [0.1, 0.15) is 11.8 Å². The molecule has 3 rings (SSSR count). The summed E-state index contributed by atoms with van der Waals surface area (Å²) in [7, 11) is -2.12. The van der Waals surface area contributed by atoms with Crippen molar-refractivity contribution in [2.75, 3.05) is 37.1 Å². The van der Waals surface area contributed by atoms with Gasteiger partial charge in [-0.15, -0.1) is 11.8 Å². The maximum atomic E-state index is 13.2. The molecule has 1 atom stereocenters. The van der Waals surface area contributed by atoms with Crippen LogP contribution in [0.2, 0.25) is 0 Å². The number of methoxy groups -OCH3 is 1. The summed E-state index contributed by atoms with van der Waals surface area (Å²) in [4.78, 5) is 27.6. The van der Waals surface area contributed by atoms with E-state index < -0.39 is 16.1 Å². The Morgan fingerprint density at radius 3 is 2.47 bits per heavy atom. The quantitative estimate of drug-likeness (QED) is 0.628. The molecule has 8 nitrogen and oxygen atoms in total. The highest BCUT2D eigenvalue weighted by Gasteiger charge is 2.35. The standard InChI is InChI=1S/C22H27N3O5S2/c1-4-24(5-2)32(28,29)19-8-6-7-16(13-19)22(27)25-15-31-14-20(25)21(26)23-17-9-11-18(30-3)12-10-17/h6-13,20H,4-5,14-15H2,1-3H3,(H,23,26). The lowest BCUT2D eigenvalue weighted by Crippen LogP contribution is -2.44. The third-order valence-electron chi connectivity index (χ3n) is 5.23. The van der Waals surface area contributed by atoms with Crippen LogP contribution >= 0.6 is 11.8 Å². The molecule has 1 saturated heterocycles. The molecule has 1 N–H and O–H groups in total. The van der Waals surface area contributed by atoms with Crippen molar-refractivity contribution >= 4 is 39.3 Å². The van der Waals surface area contributed by atoms with E-state index >= 15 is 0 Å². The molecule has 2 aromatic carbocycles. The summed E-state index contributed by atoms with van der Waals surface area (Å²) < 4.78 is 32.1. The first-order valence-corrected chi connectivity index (χ1v) is 12.8. The Hall–Kier alpha value is -2.56. The van der Waals surface area contributed by atoms with Gasteiger partial charge in [0.05, 0.1) is 17.9 Å². The van der Waals surface area contributed by atoms with Gasteiger partial charge in [0, 0.05) is 30.1 Å². The summed E-state index contributed by atoms with van der Waals surface area (Å²) in [5, 5.41) is 2.83. The van der Waals surface area contributed by atoms with E-state index in [0.717, 1.165) is 0 Å². The van der Waals surface area contributed by atoms with Crippen molar-refractivity contribution in [1.29, 1.82) is 0 Å². The van der Waals surface area contributed by atoms with Gasteiger partial charge in [-0.3, -0.25) is 9.59 Å². The molecule has 0 aromatic heterocycles. The van der Waals surface area contributed by atoms with Crippen LogP contribution in [0.1, 0.15) is 24.2 Å². The number of anilines is 1. The number of benzene rings is 2. The summed E-state index contributed by atoms with van der Waals surface area (Å²) in [6, 6.07) is 12.3. The van der Waals surface area contributed by atoms with Gasteiger partial charge in [0.2, 0.25) is 15.9 Å². The highest BCUT2D eigenvalue weighted by Crippen LogP contribution is 2.26. The van der Waals surface area contributed by atoms with E-state index in [2.05, 4.69) is 5.32 Å². The smallest absolute Gasteiger partial charge is 0.255 e. The molecule has 1 unspecified atom stereocenters. The number of hydrogen-bond donors (Lipinski definition) is 1. The Balaban J connectivity index is 1.78. The van der Waals surface area contributed by atoms with Gasteiger partial charge in [0.25, 0.3) is 5.91 Å². The fraction of sp³-hybridized carbons (Fsp3) is 0.364. The van der Waals surface area contributed by atoms with E-state index in [1.807, 2.05) is 0 Å². The maximum absolute atomic E-state index is 13.2. The van der Waals surface area contributed by atoms with Gasteiger partial charge < -0.3 is 15.0 Å². The lowest BCUT2D eigenvalue weighted by molar-refractivity contribution is -0.119. The molecule has 1 aliphatic rings. The SMILES string of the molecule is CCN(CC)S(=O)(=O)c1cccc(C(=O)N2CSCC2C(=O)Nc2ccc(OC)cc2)c1. The fourth-order valence-electron chi connectivity index (χ4n) is 3.43. The van der Waals surface area contributed by atoms with Gasteiger partial charge >= 0.3 is 0 Å². The van der Waals surface area contributed by atoms with Crippen LogP contribution in [0.15, 0.2) is 53.4 Å². The lowest BCUT2D eigenvalue weighted by Gasteiger charge is -2.24. The molecule has 0 bridgehead atoms. The lowest BCUT2D eigenvalue weighted by atomic mass is 10.1. The van der Waals surface area contributed by atoms with Crippen LogP contribution in [-0.4, -0.2) is 67.3 Å². The number of rotatable bonds is 8. The number of carbonyl (C=O) groups excluding carboxylic acids is 2. The number of nitrogens with one attached hydrogen (secondary N) is 1. The second kappa shape index (κ2) is 10.4. The zero-order valence-corrected chi connectivity index (χ0v) is 19.9. The molecule has 0 radical (unpaired) electrons. The largest absolute Gasteiger partial charge is 0.497 e. The first-order chi connectivity index (χ1) is 15.3. The van der Waals surface area contributed by atoms with Crippen LogP contribution in [0, 0.1) is 0 Å². The van der Waals surface area contributed by atoms with Crippen molar-refractivity contribution in [3.8, 4) is 5.75 Å². The van der Waals surface area contributed by atoms with E-state index in [1.165, 1.54) is 33.1 Å². The van der Waals surface area contributed by atoms with Gasteiger partial charge in [0.15, 0.2) is 0 Å². The number of thioether (sulfide) groups is 1. The molecule has 1 fully saturated rings. The van der Waals surface area contributed by atoms with Crippen molar-refractivity contribution in [2.24, 2.45) is 0 Å². The van der Waals surface area contributed by atoms with Crippen LogP contribution in [0.25, 0.3) is 0 Å². The molecule has 1 heterocycles. The molecule has 0 aliphatic carbocycles. The number of nitrogens with zero attached hydrogens (tertiary/aromatic N) is 2. The minimum Gasteiger partial charge on any atom is -0.497 e. The number of amides is 2. The fourth-order valence-corrected chi connectivity index (χ4v) is 6.09. The van der Waals surface area contributed by atoms with Gasteiger partial charge in [-0.1, -0.05) is 19.9 Å². The maximum Gasteiger partial charge on any atom is 0.255 e. The number of carbonyl (C=O) groups is 2. The van der Waals surface area contributed by atoms with Crippen molar-refractivity contribution in [2.45, 2.75) is 24.8 Å². The van der Waals surface area contributed by atoms with Crippen molar-refractivity contribution < 1.29 is 22.7 Å². The van der Waals surface area contributed by atoms with Crippen LogP contribution in [0.3, 0.4) is 0 Å². The first kappa shape index (κ1) is 24.1. The molecular formula is C22H27N3O5S2. The van der Waals surface area contributed by atoms with Crippen molar-refractivity contribution in [1.82, 2.24) is 9.21 Å². The molecule has 1 aliphatic heterocycles. The van der Waals surface area contributed by atoms with Gasteiger partial charge in [-0.25, -0.2) is 8.42 Å². The highest BCUT2D eigenvalue weighted by atomic mass is 32.2. The predicted octanol–water partition coefficient (Wildman–Crippen LogP) is 2.88. The number of hydrogen-bond acceptors (Lipinski definition) is 6. The van der Waals surface area contributed by atoms with E-state index in [1.54, 1.807) is 57.4 Å². The molecular weight excluding hydrogens is 450 g/mol. The minimum atomic E-state index is -3.69. The summed E-state index contributed by atoms with van der Waals surface area (Å²) in [6.45, 7) is 4.22. The van der Waals surface area contributed by atoms with Crippen LogP contribution in [0.5, 0.6) is 5.75 Å². The summed E-state index contributed by atoms with van der Waals surface area (Å²) in [5.74, 6) is 0.829. The first-order valence-electron chi connectivity index (χ1n) is 10.3. The molecule has 0 spiro atoms. The number of sulfonamides is 1. The molecule has 2 aromatic rings. The summed E-state index contributed by atoms with van der Waals surface area (Å²) >= 11 is 1.48. The van der Waals surface area contributed by atoms with Crippen molar-refractivity contribution in [3.05, 3.63) is 54.1 Å². The Morgan fingerprint density at radius 2 is 1.84 bits per heavy atom.